The Morgan fingerprint density at radius 1 is 0.640 bits per heavy atom. The van der Waals surface area contributed by atoms with E-state index in [1.54, 1.807) is 0 Å². The zero-order chi connectivity index (χ0) is 16.2. The molecule has 0 aliphatic carbocycles. The fourth-order valence-electron chi connectivity index (χ4n) is 3.80. The van der Waals surface area contributed by atoms with Gasteiger partial charge in [0.25, 0.3) is 0 Å². The second kappa shape index (κ2) is 7.93. The van der Waals surface area contributed by atoms with E-state index in [4.69, 9.17) is 4.74 Å². The maximum atomic E-state index is 6.33. The molecule has 1 heterocycles. The Labute approximate surface area is 150 Å². The molecule has 3 heteroatoms. The van der Waals surface area contributed by atoms with Crippen molar-refractivity contribution in [1.29, 1.82) is 0 Å². The van der Waals surface area contributed by atoms with Crippen LogP contribution in [0.4, 0.5) is 0 Å². The quantitative estimate of drug-likeness (QED) is 0.665. The smallest absolute Gasteiger partial charge is 0.181 e. The van der Waals surface area contributed by atoms with Crippen molar-refractivity contribution in [3.63, 3.8) is 0 Å². The van der Waals surface area contributed by atoms with Crippen molar-refractivity contribution in [1.82, 2.24) is 0 Å². The van der Waals surface area contributed by atoms with E-state index in [-0.39, 0.29) is 11.3 Å². The van der Waals surface area contributed by atoms with E-state index in [0.717, 1.165) is 19.4 Å². The van der Waals surface area contributed by atoms with Gasteiger partial charge in [0.1, 0.15) is 23.2 Å². The molecule has 1 fully saturated rings. The highest BCUT2D eigenvalue weighted by molar-refractivity contribution is 7.96. The molecule has 0 spiro atoms. The van der Waals surface area contributed by atoms with Gasteiger partial charge in [0, 0.05) is 6.42 Å². The Bertz CT molecular complexity index is 672. The van der Waals surface area contributed by atoms with Gasteiger partial charge in [-0.3, -0.25) is 0 Å². The predicted octanol–water partition coefficient (Wildman–Crippen LogP) is 3.29. The summed E-state index contributed by atoms with van der Waals surface area (Å²) in [6, 6.07) is 33.0. The van der Waals surface area contributed by atoms with Crippen molar-refractivity contribution in [2.45, 2.75) is 18.7 Å². The molecular formula is C22H24O2P+. The van der Waals surface area contributed by atoms with Crippen molar-refractivity contribution in [3.8, 4) is 0 Å². The lowest BCUT2D eigenvalue weighted by Gasteiger charge is -2.31. The minimum absolute atomic E-state index is 0. The largest absolute Gasteiger partial charge is 0.412 e. The summed E-state index contributed by atoms with van der Waals surface area (Å²) >= 11 is 0. The minimum atomic E-state index is -1.82. The molecule has 128 valence electrons. The van der Waals surface area contributed by atoms with Crippen LogP contribution in [0.15, 0.2) is 91.0 Å². The van der Waals surface area contributed by atoms with Gasteiger partial charge in [-0.15, -0.1) is 0 Å². The summed E-state index contributed by atoms with van der Waals surface area (Å²) in [5.41, 5.74) is 0. The first-order valence-corrected chi connectivity index (χ1v) is 10.5. The molecule has 0 radical (unpaired) electrons. The molecule has 4 rings (SSSR count). The molecule has 2 nitrogen and oxygen atoms in total. The van der Waals surface area contributed by atoms with Crippen LogP contribution >= 0.6 is 7.26 Å². The second-order valence-electron chi connectivity index (χ2n) is 6.20. The number of ether oxygens (including phenoxy) is 1. The van der Waals surface area contributed by atoms with Gasteiger partial charge in [-0.25, -0.2) is 0 Å². The number of benzene rings is 3. The molecule has 3 aromatic rings. The van der Waals surface area contributed by atoms with Crippen LogP contribution < -0.4 is 15.9 Å². The molecule has 1 atom stereocenters. The molecule has 0 aromatic heterocycles. The Kier molecular flexibility index (Phi) is 5.65. The highest BCUT2D eigenvalue weighted by Crippen LogP contribution is 2.62. The summed E-state index contributed by atoms with van der Waals surface area (Å²) < 4.78 is 6.33. The Hall–Kier alpha value is -1.99. The SMILES string of the molecule is O.c1ccc([P+](c2ccccc2)(c2ccccc2)C2CCCO2)cc1. The van der Waals surface area contributed by atoms with Gasteiger partial charge in [-0.2, -0.15) is 0 Å². The van der Waals surface area contributed by atoms with Crippen LogP contribution in [-0.4, -0.2) is 17.9 Å². The lowest BCUT2D eigenvalue weighted by molar-refractivity contribution is 0.169. The molecule has 0 saturated carbocycles. The fourth-order valence-corrected chi connectivity index (χ4v) is 8.52. The third-order valence-corrected chi connectivity index (χ3v) is 9.44. The van der Waals surface area contributed by atoms with E-state index in [1.807, 2.05) is 0 Å². The zero-order valence-corrected chi connectivity index (χ0v) is 15.1. The second-order valence-corrected chi connectivity index (χ2v) is 9.77. The summed E-state index contributed by atoms with van der Waals surface area (Å²) in [5, 5.41) is 4.23. The van der Waals surface area contributed by atoms with E-state index in [2.05, 4.69) is 91.0 Å². The summed E-state index contributed by atoms with van der Waals surface area (Å²) in [5.74, 6) is 0.268. The van der Waals surface area contributed by atoms with Crippen LogP contribution in [0, 0.1) is 0 Å². The Balaban J connectivity index is 0.00000182. The van der Waals surface area contributed by atoms with Crippen molar-refractivity contribution >= 4 is 23.2 Å². The summed E-state index contributed by atoms with van der Waals surface area (Å²) in [4.78, 5) is 0. The first-order valence-electron chi connectivity index (χ1n) is 8.59. The van der Waals surface area contributed by atoms with Crippen LogP contribution in [0.5, 0.6) is 0 Å². The zero-order valence-electron chi connectivity index (χ0n) is 14.2. The van der Waals surface area contributed by atoms with Crippen LogP contribution in [0.2, 0.25) is 0 Å². The average Bonchev–Trinajstić information content (AvgIpc) is 3.20. The standard InChI is InChI=1S/C22H22OP.H2O/c1-4-11-19(12-5-1)24(22-17-10-18-23-22,20-13-6-2-7-14-20)21-15-8-3-9-16-21;/h1-9,11-16,22H,10,17-18H2;1H2/q+1;. The van der Waals surface area contributed by atoms with Crippen molar-refractivity contribution in [2.75, 3.05) is 6.61 Å². The maximum Gasteiger partial charge on any atom is 0.181 e. The van der Waals surface area contributed by atoms with Crippen LogP contribution in [0.25, 0.3) is 0 Å². The molecule has 1 saturated heterocycles. The molecule has 1 unspecified atom stereocenters. The van der Waals surface area contributed by atoms with Crippen LogP contribution in [-0.2, 0) is 4.74 Å². The van der Waals surface area contributed by atoms with Crippen molar-refractivity contribution < 1.29 is 10.2 Å². The first kappa shape index (κ1) is 17.8. The number of hydrogen-bond donors (Lipinski definition) is 0. The van der Waals surface area contributed by atoms with E-state index >= 15 is 0 Å². The molecule has 0 bridgehead atoms. The topological polar surface area (TPSA) is 40.7 Å². The summed E-state index contributed by atoms with van der Waals surface area (Å²) in [6.07, 6.45) is 2.28. The molecular weight excluding hydrogens is 327 g/mol. The fraction of sp³-hybridized carbons (Fsp3) is 0.182. The van der Waals surface area contributed by atoms with Crippen LogP contribution in [0.1, 0.15) is 12.8 Å². The van der Waals surface area contributed by atoms with Gasteiger partial charge in [-0.05, 0) is 42.8 Å². The molecule has 2 N–H and O–H groups in total. The lowest BCUT2D eigenvalue weighted by atomic mass is 10.3. The summed E-state index contributed by atoms with van der Waals surface area (Å²) in [7, 11) is -1.82. The molecule has 1 aliphatic heterocycles. The number of hydrogen-bond acceptors (Lipinski definition) is 1. The molecule has 0 amide bonds. The van der Waals surface area contributed by atoms with Gasteiger partial charge in [0.2, 0.25) is 0 Å². The van der Waals surface area contributed by atoms with Crippen molar-refractivity contribution in [3.05, 3.63) is 91.0 Å². The third-order valence-electron chi connectivity index (χ3n) is 4.83. The molecule has 1 aliphatic rings. The van der Waals surface area contributed by atoms with E-state index in [0.29, 0.717) is 0 Å². The average molecular weight is 351 g/mol. The predicted molar refractivity (Wildman–Crippen MR) is 108 cm³/mol. The first-order chi connectivity index (χ1) is 11.9. The molecule has 25 heavy (non-hydrogen) atoms. The highest BCUT2D eigenvalue weighted by atomic mass is 31.2. The Morgan fingerprint density at radius 3 is 1.36 bits per heavy atom. The van der Waals surface area contributed by atoms with Crippen molar-refractivity contribution in [2.24, 2.45) is 0 Å². The van der Waals surface area contributed by atoms with Crippen LogP contribution in [0.3, 0.4) is 0 Å². The summed E-state index contributed by atoms with van der Waals surface area (Å²) in [6.45, 7) is 0.874. The lowest BCUT2D eigenvalue weighted by Crippen LogP contribution is -2.38. The van der Waals surface area contributed by atoms with E-state index in [9.17, 15) is 0 Å². The molecule has 3 aromatic carbocycles. The monoisotopic (exact) mass is 351 g/mol. The van der Waals surface area contributed by atoms with Gasteiger partial charge < -0.3 is 10.2 Å². The Morgan fingerprint density at radius 2 is 1.04 bits per heavy atom. The highest BCUT2D eigenvalue weighted by Gasteiger charge is 2.54. The number of rotatable bonds is 4. The maximum absolute atomic E-state index is 6.33. The third kappa shape index (κ3) is 3.14. The van der Waals surface area contributed by atoms with Gasteiger partial charge >= 0.3 is 0 Å². The van der Waals surface area contributed by atoms with Gasteiger partial charge in [0.05, 0.1) is 6.61 Å². The normalized spacial score (nSPS) is 17.0. The van der Waals surface area contributed by atoms with Gasteiger partial charge in [0.15, 0.2) is 5.85 Å². The van der Waals surface area contributed by atoms with E-state index < -0.39 is 7.26 Å². The minimum Gasteiger partial charge on any atom is -0.412 e. The van der Waals surface area contributed by atoms with E-state index in [1.165, 1.54) is 15.9 Å². The van der Waals surface area contributed by atoms with Gasteiger partial charge in [-0.1, -0.05) is 54.6 Å².